The van der Waals surface area contributed by atoms with Crippen LogP contribution in [0, 0.1) is 6.92 Å². The van der Waals surface area contributed by atoms with E-state index in [-0.39, 0.29) is 17.8 Å². The number of carboxylic acids is 1. The van der Waals surface area contributed by atoms with Crippen LogP contribution in [0.3, 0.4) is 0 Å². The van der Waals surface area contributed by atoms with E-state index in [9.17, 15) is 9.59 Å². The first kappa shape index (κ1) is 13.0. The number of carboxylic acid groups (broad SMARTS) is 1. The molecular formula is C14H12N4O3. The van der Waals surface area contributed by atoms with E-state index in [4.69, 9.17) is 5.11 Å². The van der Waals surface area contributed by atoms with Gasteiger partial charge in [0.05, 0.1) is 28.8 Å². The zero-order valence-electron chi connectivity index (χ0n) is 11.2. The van der Waals surface area contributed by atoms with Gasteiger partial charge in [-0.15, -0.1) is 0 Å². The van der Waals surface area contributed by atoms with Crippen LogP contribution in [0.15, 0.2) is 35.3 Å². The van der Waals surface area contributed by atoms with Crippen molar-refractivity contribution in [3.63, 3.8) is 0 Å². The number of aromatic amines is 1. The Kier molecular flexibility index (Phi) is 3.02. The summed E-state index contributed by atoms with van der Waals surface area (Å²) < 4.78 is 1.46. The van der Waals surface area contributed by atoms with Crippen LogP contribution >= 0.6 is 0 Å². The number of hydrogen-bond acceptors (Lipinski definition) is 4. The molecule has 0 spiro atoms. The molecule has 21 heavy (non-hydrogen) atoms. The van der Waals surface area contributed by atoms with Crippen molar-refractivity contribution in [1.82, 2.24) is 19.5 Å². The summed E-state index contributed by atoms with van der Waals surface area (Å²) in [4.78, 5) is 34.1. The summed E-state index contributed by atoms with van der Waals surface area (Å²) in [5.74, 6) is -0.460. The van der Waals surface area contributed by atoms with Crippen LogP contribution in [0.25, 0.3) is 11.0 Å². The van der Waals surface area contributed by atoms with Gasteiger partial charge in [0, 0.05) is 6.20 Å². The number of rotatable bonds is 3. The highest BCUT2D eigenvalue weighted by atomic mass is 16.4. The lowest BCUT2D eigenvalue weighted by Crippen LogP contribution is -2.18. The van der Waals surface area contributed by atoms with Crippen LogP contribution in [0.2, 0.25) is 0 Å². The van der Waals surface area contributed by atoms with Gasteiger partial charge in [-0.05, 0) is 25.1 Å². The molecule has 1 aromatic carbocycles. The van der Waals surface area contributed by atoms with Crippen molar-refractivity contribution in [1.29, 1.82) is 0 Å². The number of H-pyrrole nitrogens is 1. The summed E-state index contributed by atoms with van der Waals surface area (Å²) in [5.41, 5.74) is 1.25. The number of para-hydroxylation sites is 1. The highest BCUT2D eigenvalue weighted by molar-refractivity contribution is 6.00. The maximum Gasteiger partial charge on any atom is 0.337 e. The van der Waals surface area contributed by atoms with Crippen LogP contribution in [0.5, 0.6) is 0 Å². The number of nitrogens with zero attached hydrogens (tertiary/aromatic N) is 3. The van der Waals surface area contributed by atoms with Crippen molar-refractivity contribution >= 4 is 17.0 Å². The van der Waals surface area contributed by atoms with Gasteiger partial charge in [0.15, 0.2) is 0 Å². The average molecular weight is 284 g/mol. The van der Waals surface area contributed by atoms with Crippen LogP contribution in [-0.2, 0) is 6.54 Å². The highest BCUT2D eigenvalue weighted by Gasteiger charge is 2.14. The first-order valence-corrected chi connectivity index (χ1v) is 6.29. The smallest absolute Gasteiger partial charge is 0.337 e. The number of nitrogens with one attached hydrogen (secondary N) is 1. The molecule has 0 fully saturated rings. The van der Waals surface area contributed by atoms with Crippen molar-refractivity contribution in [3.05, 3.63) is 58.0 Å². The molecule has 2 N–H and O–H groups in total. The summed E-state index contributed by atoms with van der Waals surface area (Å²) in [6.45, 7) is 2.02. The van der Waals surface area contributed by atoms with E-state index >= 15 is 0 Å². The highest BCUT2D eigenvalue weighted by Crippen LogP contribution is 2.16. The fraction of sp³-hybridized carbons (Fsp3) is 0.143. The Labute approximate surface area is 118 Å². The Bertz CT molecular complexity index is 895. The van der Waals surface area contributed by atoms with Crippen LogP contribution < -0.4 is 5.69 Å². The van der Waals surface area contributed by atoms with Gasteiger partial charge in [-0.25, -0.2) is 19.6 Å². The molecule has 0 saturated carbocycles. The molecule has 2 heterocycles. The lowest BCUT2D eigenvalue weighted by Gasteiger charge is -2.04. The molecule has 2 aromatic heterocycles. The molecule has 106 valence electrons. The molecular weight excluding hydrogens is 272 g/mol. The number of hydrogen-bond donors (Lipinski definition) is 2. The van der Waals surface area contributed by atoms with Crippen molar-refractivity contribution in [3.8, 4) is 0 Å². The van der Waals surface area contributed by atoms with Crippen molar-refractivity contribution < 1.29 is 9.90 Å². The maximum absolute atomic E-state index is 12.1. The summed E-state index contributed by atoms with van der Waals surface area (Å²) in [6, 6.07) is 6.49. The van der Waals surface area contributed by atoms with Crippen molar-refractivity contribution in [2.24, 2.45) is 0 Å². The molecule has 0 atom stereocenters. The minimum atomic E-state index is -1.08. The number of aromatic nitrogens is 4. The van der Waals surface area contributed by atoms with Gasteiger partial charge in [-0.1, -0.05) is 6.07 Å². The monoisotopic (exact) mass is 284 g/mol. The Morgan fingerprint density at radius 3 is 2.90 bits per heavy atom. The van der Waals surface area contributed by atoms with Gasteiger partial charge >= 0.3 is 11.7 Å². The zero-order chi connectivity index (χ0) is 15.0. The second kappa shape index (κ2) is 4.86. The number of imidazole rings is 1. The molecule has 3 aromatic rings. The summed E-state index contributed by atoms with van der Waals surface area (Å²) >= 11 is 0. The maximum atomic E-state index is 12.1. The largest absolute Gasteiger partial charge is 0.478 e. The van der Waals surface area contributed by atoms with E-state index in [1.807, 2.05) is 0 Å². The Balaban J connectivity index is 2.15. The summed E-state index contributed by atoms with van der Waals surface area (Å²) in [5, 5.41) is 9.16. The third-order valence-corrected chi connectivity index (χ3v) is 3.19. The predicted molar refractivity (Wildman–Crippen MR) is 75.4 cm³/mol. The quantitative estimate of drug-likeness (QED) is 0.752. The number of aryl methyl sites for hydroxylation is 1. The van der Waals surface area contributed by atoms with Gasteiger partial charge in [0.25, 0.3) is 0 Å². The van der Waals surface area contributed by atoms with E-state index in [1.165, 1.54) is 10.6 Å². The fourth-order valence-electron chi connectivity index (χ4n) is 2.27. The average Bonchev–Trinajstić information content (AvgIpc) is 2.75. The number of aromatic carboxylic acids is 1. The normalized spacial score (nSPS) is 10.9. The molecule has 0 aliphatic carbocycles. The Morgan fingerprint density at radius 2 is 2.19 bits per heavy atom. The van der Waals surface area contributed by atoms with E-state index in [0.29, 0.717) is 22.6 Å². The zero-order valence-corrected chi connectivity index (χ0v) is 11.2. The molecule has 7 heteroatoms. The summed E-state index contributed by atoms with van der Waals surface area (Å²) in [6.07, 6.45) is 1.63. The number of carbonyl (C=O) groups is 1. The Morgan fingerprint density at radius 1 is 1.38 bits per heavy atom. The minimum absolute atomic E-state index is 0.0715. The Hall–Kier alpha value is -2.96. The SMILES string of the molecule is Cc1nccc(Cn2c(=O)[nH]c3c(C(=O)O)cccc32)n1. The van der Waals surface area contributed by atoms with E-state index < -0.39 is 5.97 Å². The second-order valence-electron chi connectivity index (χ2n) is 4.62. The molecule has 0 aliphatic rings. The van der Waals surface area contributed by atoms with Crippen molar-refractivity contribution in [2.45, 2.75) is 13.5 Å². The lowest BCUT2D eigenvalue weighted by molar-refractivity contribution is 0.0699. The molecule has 0 aliphatic heterocycles. The van der Waals surface area contributed by atoms with Gasteiger partial charge in [-0.3, -0.25) is 4.57 Å². The van der Waals surface area contributed by atoms with E-state index in [2.05, 4.69) is 15.0 Å². The minimum Gasteiger partial charge on any atom is -0.478 e. The molecule has 7 nitrogen and oxygen atoms in total. The molecule has 0 unspecified atom stereocenters. The first-order chi connectivity index (χ1) is 10.1. The van der Waals surface area contributed by atoms with Crippen molar-refractivity contribution in [2.75, 3.05) is 0 Å². The van der Waals surface area contributed by atoms with Gasteiger partial charge < -0.3 is 10.1 Å². The van der Waals surface area contributed by atoms with Gasteiger partial charge in [0.2, 0.25) is 0 Å². The molecule has 0 bridgehead atoms. The predicted octanol–water partition coefficient (Wildman–Crippen LogP) is 1.17. The van der Waals surface area contributed by atoms with Crippen LogP contribution in [0.4, 0.5) is 0 Å². The van der Waals surface area contributed by atoms with E-state index in [1.54, 1.807) is 31.3 Å². The topological polar surface area (TPSA) is 101 Å². The third-order valence-electron chi connectivity index (χ3n) is 3.19. The molecule has 0 saturated heterocycles. The lowest BCUT2D eigenvalue weighted by atomic mass is 10.2. The second-order valence-corrected chi connectivity index (χ2v) is 4.62. The molecule has 3 rings (SSSR count). The van der Waals surface area contributed by atoms with Crippen LogP contribution in [-0.4, -0.2) is 30.6 Å². The van der Waals surface area contributed by atoms with Gasteiger partial charge in [-0.2, -0.15) is 0 Å². The number of benzene rings is 1. The third kappa shape index (κ3) is 2.29. The molecule has 0 radical (unpaired) electrons. The van der Waals surface area contributed by atoms with Gasteiger partial charge in [0.1, 0.15) is 5.82 Å². The van der Waals surface area contributed by atoms with Crippen LogP contribution in [0.1, 0.15) is 21.9 Å². The molecule has 0 amide bonds. The first-order valence-electron chi connectivity index (χ1n) is 6.29. The standard InChI is InChI=1S/C14H12N4O3/c1-8-15-6-5-9(16-8)7-18-11-4-2-3-10(13(19)20)12(11)17-14(18)21/h2-6H,7H2,1H3,(H,17,21)(H,19,20). The number of fused-ring (bicyclic) bond motifs is 1. The fourth-order valence-corrected chi connectivity index (χ4v) is 2.27. The summed E-state index contributed by atoms with van der Waals surface area (Å²) in [7, 11) is 0. The van der Waals surface area contributed by atoms with E-state index in [0.717, 1.165) is 0 Å².